The summed E-state index contributed by atoms with van der Waals surface area (Å²) in [6, 6.07) is 9.59. The fourth-order valence-corrected chi connectivity index (χ4v) is 5.76. The number of carbonyl (C=O) groups is 1. The van der Waals surface area contributed by atoms with Crippen LogP contribution in [0, 0.1) is 6.92 Å². The summed E-state index contributed by atoms with van der Waals surface area (Å²) in [6.07, 6.45) is -1.87. The predicted octanol–water partition coefficient (Wildman–Crippen LogP) is 4.70. The quantitative estimate of drug-likeness (QED) is 0.411. The normalized spacial score (nSPS) is 18.3. The van der Waals surface area contributed by atoms with Crippen molar-refractivity contribution < 1.29 is 20.8 Å². The summed E-state index contributed by atoms with van der Waals surface area (Å²) < 4.78 is 38.7. The molecule has 1 aliphatic carbocycles. The Hall–Kier alpha value is -3.32. The van der Waals surface area contributed by atoms with Crippen molar-refractivity contribution in [3.63, 3.8) is 0 Å². The van der Waals surface area contributed by atoms with Gasteiger partial charge in [-0.3, -0.25) is 14.8 Å². The van der Waals surface area contributed by atoms with Crippen LogP contribution in [0.3, 0.4) is 0 Å². The van der Waals surface area contributed by atoms with E-state index in [-0.39, 0.29) is 9.40 Å². The average Bonchev–Trinajstić information content (AvgIpc) is 3.58. The number of amides is 1. The number of halogens is 3. The maximum absolute atomic E-state index is 12.9. The van der Waals surface area contributed by atoms with Gasteiger partial charge >= 0.3 is 6.18 Å². The third kappa shape index (κ3) is 5.58. The molecule has 1 amide bonds. The highest BCUT2D eigenvalue weighted by atomic mass is 32.2. The van der Waals surface area contributed by atoms with Gasteiger partial charge in [-0.2, -0.15) is 18.3 Å². The summed E-state index contributed by atoms with van der Waals surface area (Å²) in [5.74, 6) is 1.45. The lowest BCUT2D eigenvalue weighted by Crippen LogP contribution is -2.47. The number of hydrogen-bond donors (Lipinski definition) is 2. The van der Waals surface area contributed by atoms with Gasteiger partial charge in [-0.05, 0) is 55.3 Å². The van der Waals surface area contributed by atoms with Gasteiger partial charge in [0.15, 0.2) is 11.0 Å². The SMILES string of the molecule is Cc1cc(Nc2cc(N3CCN(C4CC4)CC3)nc(Sc3ccc4c(c3)CN(CC(F)(F)F)C4=O)n2)n[nH]1.[HH].[HH]. The molecule has 2 N–H and O–H groups in total. The van der Waals surface area contributed by atoms with Crippen molar-refractivity contribution in [2.45, 2.75) is 48.6 Å². The molecule has 1 saturated carbocycles. The monoisotopic (exact) mass is 548 g/mol. The highest BCUT2D eigenvalue weighted by Crippen LogP contribution is 2.34. The summed E-state index contributed by atoms with van der Waals surface area (Å²) in [7, 11) is 0. The summed E-state index contributed by atoms with van der Waals surface area (Å²) in [5, 5.41) is 10.9. The van der Waals surface area contributed by atoms with E-state index in [0.29, 0.717) is 27.9 Å². The highest BCUT2D eigenvalue weighted by molar-refractivity contribution is 7.99. The van der Waals surface area contributed by atoms with Crippen LogP contribution in [0.4, 0.5) is 30.6 Å². The number of piperazine rings is 1. The molecule has 4 heterocycles. The minimum Gasteiger partial charge on any atom is -0.354 e. The van der Waals surface area contributed by atoms with Crippen LogP contribution in [-0.2, 0) is 6.54 Å². The second-order valence-corrected chi connectivity index (χ2v) is 10.9. The van der Waals surface area contributed by atoms with Crippen LogP contribution in [0.25, 0.3) is 0 Å². The smallest absolute Gasteiger partial charge is 0.354 e. The predicted molar refractivity (Wildman–Crippen MR) is 141 cm³/mol. The minimum atomic E-state index is -4.44. The van der Waals surface area contributed by atoms with Crippen LogP contribution in [0.5, 0.6) is 0 Å². The molecule has 2 aromatic heterocycles. The summed E-state index contributed by atoms with van der Waals surface area (Å²) in [4.78, 5) is 28.3. The van der Waals surface area contributed by atoms with E-state index in [0.717, 1.165) is 53.5 Å². The van der Waals surface area contributed by atoms with Crippen molar-refractivity contribution in [1.29, 1.82) is 0 Å². The van der Waals surface area contributed by atoms with Crippen LogP contribution in [0.2, 0.25) is 0 Å². The first-order chi connectivity index (χ1) is 18.2. The number of hydrogen-bond acceptors (Lipinski definition) is 8. The van der Waals surface area contributed by atoms with Crippen molar-refractivity contribution >= 4 is 35.1 Å². The zero-order valence-corrected chi connectivity index (χ0v) is 21.6. The van der Waals surface area contributed by atoms with Gasteiger partial charge in [-0.15, -0.1) is 0 Å². The second kappa shape index (κ2) is 9.77. The molecule has 1 aromatic carbocycles. The average molecular weight is 549 g/mol. The molecule has 204 valence electrons. The van der Waals surface area contributed by atoms with Gasteiger partial charge in [0.25, 0.3) is 5.91 Å². The van der Waals surface area contributed by atoms with Crippen molar-refractivity contribution in [2.24, 2.45) is 0 Å². The topological polar surface area (TPSA) is 93.3 Å². The van der Waals surface area contributed by atoms with E-state index < -0.39 is 18.6 Å². The van der Waals surface area contributed by atoms with Gasteiger partial charge in [-0.1, -0.05) is 0 Å². The molecule has 38 heavy (non-hydrogen) atoms. The van der Waals surface area contributed by atoms with E-state index >= 15 is 0 Å². The van der Waals surface area contributed by atoms with E-state index in [1.54, 1.807) is 18.2 Å². The first-order valence-corrected chi connectivity index (χ1v) is 13.4. The van der Waals surface area contributed by atoms with Gasteiger partial charge in [0.05, 0.1) is 0 Å². The van der Waals surface area contributed by atoms with E-state index in [9.17, 15) is 18.0 Å². The molecule has 2 aliphatic heterocycles. The first kappa shape index (κ1) is 25.0. The van der Waals surface area contributed by atoms with E-state index in [2.05, 4.69) is 30.3 Å². The van der Waals surface area contributed by atoms with Crippen LogP contribution in [0.15, 0.2) is 40.4 Å². The Labute approximate surface area is 224 Å². The molecular weight excluding hydrogens is 517 g/mol. The lowest BCUT2D eigenvalue weighted by Gasteiger charge is -2.35. The Morgan fingerprint density at radius 3 is 2.58 bits per heavy atom. The third-order valence-corrected chi connectivity index (χ3v) is 7.75. The summed E-state index contributed by atoms with van der Waals surface area (Å²) >= 11 is 1.31. The highest BCUT2D eigenvalue weighted by Gasteiger charge is 2.37. The number of aromatic nitrogens is 4. The van der Waals surface area contributed by atoms with E-state index in [4.69, 9.17) is 4.98 Å². The van der Waals surface area contributed by atoms with Crippen LogP contribution in [0.1, 0.15) is 37.3 Å². The molecule has 3 aromatic rings. The number of fused-ring (bicyclic) bond motifs is 1. The Bertz CT molecular complexity index is 1360. The standard InChI is InChI=1S/C25H27F3N8OS.2H2/c1-15-10-21(33-32-15)29-20-12-22(35-8-6-34(7-9-35)17-2-3-17)31-24(30-20)38-18-4-5-19-16(11-18)13-36(23(19)37)14-25(26,27)28;;/h4-5,10-12,17H,2-3,6-9,13-14H2,1H3,(H2,29,30,31,32,33);2*1H. The van der Waals surface area contributed by atoms with E-state index in [1.807, 2.05) is 19.1 Å². The number of anilines is 3. The summed E-state index contributed by atoms with van der Waals surface area (Å²) in [6.45, 7) is 4.31. The maximum atomic E-state index is 12.9. The molecular formula is C25H31F3N8OS. The number of alkyl halides is 3. The van der Waals surface area contributed by atoms with Crippen LogP contribution >= 0.6 is 11.8 Å². The Morgan fingerprint density at radius 2 is 1.89 bits per heavy atom. The Morgan fingerprint density at radius 1 is 1.11 bits per heavy atom. The molecule has 9 nitrogen and oxygen atoms in total. The Balaban J connectivity index is 0.00000185. The molecule has 0 spiro atoms. The van der Waals surface area contributed by atoms with Gasteiger partial charge in [0.2, 0.25) is 0 Å². The second-order valence-electron chi connectivity index (χ2n) is 9.91. The lowest BCUT2D eigenvalue weighted by atomic mass is 10.1. The number of nitrogens with one attached hydrogen (secondary N) is 2. The van der Waals surface area contributed by atoms with Crippen LogP contribution < -0.4 is 10.2 Å². The zero-order valence-electron chi connectivity index (χ0n) is 20.8. The molecule has 3 aliphatic rings. The van der Waals surface area contributed by atoms with Crippen molar-refractivity contribution in [3.05, 3.63) is 47.2 Å². The zero-order chi connectivity index (χ0) is 26.4. The first-order valence-electron chi connectivity index (χ1n) is 12.5. The lowest BCUT2D eigenvalue weighted by molar-refractivity contribution is -0.140. The molecule has 1 saturated heterocycles. The van der Waals surface area contributed by atoms with Gasteiger partial charge in [-0.25, -0.2) is 9.97 Å². The number of aromatic amines is 1. The molecule has 6 rings (SSSR count). The fraction of sp³-hybridized carbons (Fsp3) is 0.440. The van der Waals surface area contributed by atoms with Crippen molar-refractivity contribution in [2.75, 3.05) is 42.9 Å². The number of carbonyl (C=O) groups excluding carboxylic acids is 1. The molecule has 0 bridgehead atoms. The molecule has 0 atom stereocenters. The molecule has 2 fully saturated rings. The number of aryl methyl sites for hydroxylation is 1. The number of H-pyrrole nitrogens is 1. The van der Waals surface area contributed by atoms with Gasteiger partial charge in [0, 0.05) is 69.9 Å². The van der Waals surface area contributed by atoms with Crippen molar-refractivity contribution in [1.82, 2.24) is 30.0 Å². The van der Waals surface area contributed by atoms with E-state index in [1.165, 1.54) is 24.6 Å². The van der Waals surface area contributed by atoms with Gasteiger partial charge < -0.3 is 15.1 Å². The third-order valence-electron chi connectivity index (χ3n) is 6.89. The molecule has 0 radical (unpaired) electrons. The largest absolute Gasteiger partial charge is 0.406 e. The molecule has 0 unspecified atom stereocenters. The maximum Gasteiger partial charge on any atom is 0.406 e. The van der Waals surface area contributed by atoms with Crippen LogP contribution in [-0.4, -0.2) is 80.8 Å². The number of nitrogens with zero attached hydrogens (tertiary/aromatic N) is 6. The minimum absolute atomic E-state index is 0. The summed E-state index contributed by atoms with van der Waals surface area (Å²) in [5.41, 5.74) is 1.79. The number of benzene rings is 1. The molecule has 13 heteroatoms. The van der Waals surface area contributed by atoms with Crippen molar-refractivity contribution in [3.8, 4) is 0 Å². The fourth-order valence-electron chi connectivity index (χ4n) is 4.92. The number of rotatable bonds is 7. The van der Waals surface area contributed by atoms with Gasteiger partial charge in [0.1, 0.15) is 18.2 Å². The Kier molecular flexibility index (Phi) is 6.42.